The lowest BCUT2D eigenvalue weighted by molar-refractivity contribution is -0.116. The lowest BCUT2D eigenvalue weighted by Crippen LogP contribution is -2.34. The van der Waals surface area contributed by atoms with Crippen LogP contribution in [0, 0.1) is 5.82 Å². The number of fused-ring (bicyclic) bond motifs is 3. The van der Waals surface area contributed by atoms with Gasteiger partial charge in [-0.1, -0.05) is 11.2 Å². The van der Waals surface area contributed by atoms with Crippen molar-refractivity contribution in [3.05, 3.63) is 41.9 Å². The van der Waals surface area contributed by atoms with Crippen molar-refractivity contribution < 1.29 is 13.7 Å². The van der Waals surface area contributed by atoms with Crippen molar-refractivity contribution >= 4 is 11.6 Å². The van der Waals surface area contributed by atoms with Crippen molar-refractivity contribution in [1.82, 2.24) is 19.7 Å². The average molecular weight is 339 g/mol. The Kier molecular flexibility index (Phi) is 2.85. The van der Waals surface area contributed by atoms with Crippen molar-refractivity contribution in [2.45, 2.75) is 32.2 Å². The highest BCUT2D eigenvalue weighted by Crippen LogP contribution is 2.41. The van der Waals surface area contributed by atoms with Gasteiger partial charge in [0.1, 0.15) is 23.5 Å². The smallest absolute Gasteiger partial charge is 0.230 e. The molecule has 7 nitrogen and oxygen atoms in total. The molecule has 25 heavy (non-hydrogen) atoms. The predicted octanol–water partition coefficient (Wildman–Crippen LogP) is 2.81. The molecular weight excluding hydrogens is 325 g/mol. The summed E-state index contributed by atoms with van der Waals surface area (Å²) in [5, 5.41) is 4.03. The largest absolute Gasteiger partial charge is 0.339 e. The van der Waals surface area contributed by atoms with E-state index in [0.717, 1.165) is 18.5 Å². The van der Waals surface area contributed by atoms with Crippen LogP contribution in [0.15, 0.2) is 29.0 Å². The first-order valence-electron chi connectivity index (χ1n) is 8.10. The Morgan fingerprint density at radius 2 is 2.20 bits per heavy atom. The first kappa shape index (κ1) is 14.3. The summed E-state index contributed by atoms with van der Waals surface area (Å²) in [7, 11) is 0. The molecule has 8 heteroatoms. The first-order valence-corrected chi connectivity index (χ1v) is 8.10. The molecule has 5 rings (SSSR count). The maximum Gasteiger partial charge on any atom is 0.230 e. The second-order valence-electron chi connectivity index (χ2n) is 6.35. The molecule has 0 N–H and O–H groups in total. The summed E-state index contributed by atoms with van der Waals surface area (Å²) in [4.78, 5) is 22.3. The van der Waals surface area contributed by atoms with Gasteiger partial charge in [-0.2, -0.15) is 4.98 Å². The minimum atomic E-state index is -0.441. The van der Waals surface area contributed by atoms with E-state index < -0.39 is 5.82 Å². The Labute approximate surface area is 142 Å². The minimum Gasteiger partial charge on any atom is -0.339 e. The summed E-state index contributed by atoms with van der Waals surface area (Å²) in [6, 6.07) is 4.72. The summed E-state index contributed by atoms with van der Waals surface area (Å²) in [5.41, 5.74) is 2.12. The van der Waals surface area contributed by atoms with Gasteiger partial charge in [-0.05, 0) is 25.0 Å². The molecule has 0 bridgehead atoms. The fourth-order valence-corrected chi connectivity index (χ4v) is 3.21. The van der Waals surface area contributed by atoms with Crippen molar-refractivity contribution in [3.63, 3.8) is 0 Å². The molecule has 0 spiro atoms. The maximum atomic E-state index is 14.3. The van der Waals surface area contributed by atoms with Crippen molar-refractivity contribution in [1.29, 1.82) is 0 Å². The summed E-state index contributed by atoms with van der Waals surface area (Å²) in [6.07, 6.45) is 3.73. The number of rotatable bonds is 2. The Bertz CT molecular complexity index is 1000. The molecule has 126 valence electrons. The normalized spacial score (nSPS) is 15.8. The Morgan fingerprint density at radius 1 is 1.36 bits per heavy atom. The minimum absolute atomic E-state index is 0.200. The number of hydrogen-bond donors (Lipinski definition) is 0. The first-order chi connectivity index (χ1) is 12.1. The topological polar surface area (TPSA) is 77.1 Å². The number of carbonyl (C=O) groups excluding carboxylic acids is 1. The van der Waals surface area contributed by atoms with Crippen LogP contribution >= 0.6 is 0 Å². The second kappa shape index (κ2) is 4.98. The Balaban J connectivity index is 1.67. The van der Waals surface area contributed by atoms with Gasteiger partial charge in [0, 0.05) is 12.8 Å². The van der Waals surface area contributed by atoms with Crippen LogP contribution in [0.3, 0.4) is 0 Å². The summed E-state index contributed by atoms with van der Waals surface area (Å²) in [6.45, 7) is 1.62. The van der Waals surface area contributed by atoms with Gasteiger partial charge in [-0.3, -0.25) is 9.36 Å². The van der Waals surface area contributed by atoms with Gasteiger partial charge in [0.15, 0.2) is 0 Å². The maximum absolute atomic E-state index is 14.3. The third-order valence-electron chi connectivity index (χ3n) is 4.63. The quantitative estimate of drug-likeness (QED) is 0.717. The van der Waals surface area contributed by atoms with Crippen molar-refractivity contribution in [2.24, 2.45) is 0 Å². The number of amides is 1. The predicted molar refractivity (Wildman–Crippen MR) is 85.7 cm³/mol. The third kappa shape index (κ3) is 2.10. The summed E-state index contributed by atoms with van der Waals surface area (Å²) in [5.74, 6) is 0.699. The van der Waals surface area contributed by atoms with Crippen LogP contribution in [0.25, 0.3) is 17.2 Å². The molecule has 1 saturated carbocycles. The number of benzene rings is 1. The second-order valence-corrected chi connectivity index (χ2v) is 6.35. The zero-order chi connectivity index (χ0) is 17.1. The van der Waals surface area contributed by atoms with E-state index in [-0.39, 0.29) is 18.1 Å². The number of carbonyl (C=O) groups is 1. The molecule has 1 aromatic carbocycles. The SMILES string of the molecule is CC(=O)N1Cc2c(-c3noc(C4CC4)n3)ncn2-c2cccc(F)c21. The molecule has 1 aliphatic heterocycles. The summed E-state index contributed by atoms with van der Waals surface area (Å²) >= 11 is 0. The van der Waals surface area contributed by atoms with E-state index >= 15 is 0 Å². The number of para-hydroxylation sites is 1. The van der Waals surface area contributed by atoms with E-state index in [1.54, 1.807) is 23.0 Å². The van der Waals surface area contributed by atoms with Crippen LogP contribution in [-0.4, -0.2) is 25.6 Å². The van der Waals surface area contributed by atoms with Crippen LogP contribution in [0.2, 0.25) is 0 Å². The van der Waals surface area contributed by atoms with E-state index in [1.165, 1.54) is 17.9 Å². The van der Waals surface area contributed by atoms with Gasteiger partial charge >= 0.3 is 0 Å². The van der Waals surface area contributed by atoms with Gasteiger partial charge in [-0.25, -0.2) is 9.37 Å². The van der Waals surface area contributed by atoms with Crippen LogP contribution < -0.4 is 4.90 Å². The highest BCUT2D eigenvalue weighted by Gasteiger charge is 2.33. The van der Waals surface area contributed by atoms with Crippen molar-refractivity contribution in [3.8, 4) is 17.2 Å². The van der Waals surface area contributed by atoms with E-state index in [1.807, 2.05) is 0 Å². The monoisotopic (exact) mass is 339 g/mol. The van der Waals surface area contributed by atoms with Crippen LogP contribution in [0.1, 0.15) is 37.3 Å². The Hall–Kier alpha value is -3.03. The summed E-state index contributed by atoms with van der Waals surface area (Å²) < 4.78 is 21.4. The van der Waals surface area contributed by atoms with Gasteiger partial charge in [0.25, 0.3) is 0 Å². The van der Waals surface area contributed by atoms with E-state index in [9.17, 15) is 9.18 Å². The fourth-order valence-electron chi connectivity index (χ4n) is 3.21. The molecule has 3 aromatic rings. The van der Waals surface area contributed by atoms with Gasteiger partial charge in [0.2, 0.25) is 17.6 Å². The number of hydrogen-bond acceptors (Lipinski definition) is 5. The van der Waals surface area contributed by atoms with E-state index in [2.05, 4.69) is 15.1 Å². The van der Waals surface area contributed by atoms with Crippen molar-refractivity contribution in [2.75, 3.05) is 4.90 Å². The zero-order valence-electron chi connectivity index (χ0n) is 13.4. The number of aromatic nitrogens is 4. The van der Waals surface area contributed by atoms with Gasteiger partial charge in [-0.15, -0.1) is 0 Å². The molecule has 2 aliphatic rings. The molecular formula is C17H14FN5O2. The number of anilines is 1. The van der Waals surface area contributed by atoms with Crippen LogP contribution in [-0.2, 0) is 11.3 Å². The molecule has 1 fully saturated rings. The van der Waals surface area contributed by atoms with E-state index in [0.29, 0.717) is 29.0 Å². The van der Waals surface area contributed by atoms with E-state index in [4.69, 9.17) is 4.52 Å². The molecule has 3 heterocycles. The average Bonchev–Trinajstić information content (AvgIpc) is 3.17. The molecule has 0 saturated heterocycles. The number of imidazole rings is 1. The molecule has 0 atom stereocenters. The molecule has 1 aliphatic carbocycles. The molecule has 1 amide bonds. The standard InChI is InChI=1S/C17H14FN5O2/c1-9(24)22-7-13-14(16-20-17(25-21-16)10-5-6-10)19-8-23(13)12-4-2-3-11(18)15(12)22/h2-4,8,10H,5-7H2,1H3. The Morgan fingerprint density at radius 3 is 2.96 bits per heavy atom. The fraction of sp³-hybridized carbons (Fsp3) is 0.294. The third-order valence-corrected chi connectivity index (χ3v) is 4.63. The number of halogens is 1. The lowest BCUT2D eigenvalue weighted by atomic mass is 10.1. The van der Waals surface area contributed by atoms with Crippen LogP contribution in [0.5, 0.6) is 0 Å². The molecule has 0 unspecified atom stereocenters. The highest BCUT2D eigenvalue weighted by atomic mass is 19.1. The highest BCUT2D eigenvalue weighted by molar-refractivity contribution is 5.95. The van der Waals surface area contributed by atoms with Crippen LogP contribution in [0.4, 0.5) is 10.1 Å². The van der Waals surface area contributed by atoms with Gasteiger partial charge in [0.05, 0.1) is 17.9 Å². The molecule has 2 aromatic heterocycles. The van der Waals surface area contributed by atoms with Gasteiger partial charge < -0.3 is 9.42 Å². The zero-order valence-corrected chi connectivity index (χ0v) is 13.4. The molecule has 0 radical (unpaired) electrons. The lowest BCUT2D eigenvalue weighted by Gasteiger charge is -2.30. The number of nitrogens with zero attached hydrogens (tertiary/aromatic N) is 5.